The fraction of sp³-hybridized carbons (Fsp3) is 0. The zero-order valence-corrected chi connectivity index (χ0v) is 8.97. The number of nitrogen functional groups attached to an aromatic ring is 1. The van der Waals surface area contributed by atoms with Gasteiger partial charge in [0.2, 0.25) is 0 Å². The summed E-state index contributed by atoms with van der Waals surface area (Å²) in [6.45, 7) is 0. The van der Waals surface area contributed by atoms with Crippen molar-refractivity contribution in [2.75, 3.05) is 5.73 Å². The summed E-state index contributed by atoms with van der Waals surface area (Å²) in [5.74, 6) is -1.74. The van der Waals surface area contributed by atoms with Crippen molar-refractivity contribution in [3.8, 4) is 0 Å². The van der Waals surface area contributed by atoms with Crippen LogP contribution < -0.4 is 5.73 Å². The maximum Gasteiger partial charge on any atom is 0.159 e. The van der Waals surface area contributed by atoms with Crippen LogP contribution in [0.2, 0.25) is 0 Å². The zero-order chi connectivity index (χ0) is 11.5. The van der Waals surface area contributed by atoms with Crippen LogP contribution in [-0.2, 0) is 0 Å². The van der Waals surface area contributed by atoms with E-state index in [1.807, 2.05) is 0 Å². The standard InChI is InChI=1S/C11H8F2N2S/c12-8-4-3-7(6-9(8)13)16-11-10(14)2-1-5-15-11/h1-6H,14H2. The summed E-state index contributed by atoms with van der Waals surface area (Å²) in [5.41, 5.74) is 6.20. The number of nitrogens with zero attached hydrogens (tertiary/aromatic N) is 1. The highest BCUT2D eigenvalue weighted by molar-refractivity contribution is 7.99. The average Bonchev–Trinajstić information content (AvgIpc) is 2.27. The van der Waals surface area contributed by atoms with E-state index in [2.05, 4.69) is 4.98 Å². The highest BCUT2D eigenvalue weighted by Gasteiger charge is 2.06. The molecule has 2 rings (SSSR count). The lowest BCUT2D eigenvalue weighted by Crippen LogP contribution is -1.91. The van der Waals surface area contributed by atoms with Crippen molar-refractivity contribution < 1.29 is 8.78 Å². The minimum absolute atomic E-state index is 0.511. The van der Waals surface area contributed by atoms with Crippen molar-refractivity contribution in [3.63, 3.8) is 0 Å². The first kappa shape index (κ1) is 10.9. The number of hydrogen-bond donors (Lipinski definition) is 1. The van der Waals surface area contributed by atoms with Crippen LogP contribution in [0, 0.1) is 11.6 Å². The minimum Gasteiger partial charge on any atom is -0.397 e. The predicted molar refractivity (Wildman–Crippen MR) is 59.1 cm³/mol. The molecule has 0 amide bonds. The van der Waals surface area contributed by atoms with Crippen molar-refractivity contribution in [2.45, 2.75) is 9.92 Å². The molecule has 0 aliphatic rings. The Bertz CT molecular complexity index is 517. The third-order valence-electron chi connectivity index (χ3n) is 1.91. The number of hydrogen-bond acceptors (Lipinski definition) is 3. The molecule has 0 atom stereocenters. The fourth-order valence-corrected chi connectivity index (χ4v) is 1.96. The molecule has 0 unspecified atom stereocenters. The van der Waals surface area contributed by atoms with Crippen LogP contribution in [0.25, 0.3) is 0 Å². The zero-order valence-electron chi connectivity index (χ0n) is 8.15. The Kier molecular flexibility index (Phi) is 3.05. The number of halogens is 2. The molecule has 0 bridgehead atoms. The van der Waals surface area contributed by atoms with Gasteiger partial charge in [0.05, 0.1) is 5.69 Å². The van der Waals surface area contributed by atoms with E-state index < -0.39 is 11.6 Å². The number of aromatic nitrogens is 1. The highest BCUT2D eigenvalue weighted by Crippen LogP contribution is 2.30. The second-order valence-electron chi connectivity index (χ2n) is 3.08. The van der Waals surface area contributed by atoms with Crippen LogP contribution in [0.15, 0.2) is 46.5 Å². The summed E-state index contributed by atoms with van der Waals surface area (Å²) in [4.78, 5) is 4.61. The topological polar surface area (TPSA) is 38.9 Å². The predicted octanol–water partition coefficient (Wildman–Crippen LogP) is 3.09. The Morgan fingerprint density at radius 3 is 2.62 bits per heavy atom. The third kappa shape index (κ3) is 2.30. The SMILES string of the molecule is Nc1cccnc1Sc1ccc(F)c(F)c1. The molecule has 1 heterocycles. The molecule has 2 N–H and O–H groups in total. The lowest BCUT2D eigenvalue weighted by molar-refractivity contribution is 0.506. The third-order valence-corrected chi connectivity index (χ3v) is 2.93. The lowest BCUT2D eigenvalue weighted by atomic mass is 10.3. The molecule has 0 aliphatic heterocycles. The van der Waals surface area contributed by atoms with E-state index in [9.17, 15) is 8.78 Å². The van der Waals surface area contributed by atoms with Crippen LogP contribution in [-0.4, -0.2) is 4.98 Å². The summed E-state index contributed by atoms with van der Waals surface area (Å²) in [7, 11) is 0. The molecular weight excluding hydrogens is 230 g/mol. The molecule has 2 nitrogen and oxygen atoms in total. The van der Waals surface area contributed by atoms with Crippen molar-refractivity contribution in [3.05, 3.63) is 48.2 Å². The van der Waals surface area contributed by atoms with Gasteiger partial charge in [0.25, 0.3) is 0 Å². The first-order chi connectivity index (χ1) is 7.66. The molecule has 5 heteroatoms. The van der Waals surface area contributed by atoms with Gasteiger partial charge in [-0.15, -0.1) is 0 Å². The quantitative estimate of drug-likeness (QED) is 0.873. The van der Waals surface area contributed by atoms with Crippen molar-refractivity contribution in [1.82, 2.24) is 4.98 Å². The molecular formula is C11H8F2N2S. The van der Waals surface area contributed by atoms with Gasteiger partial charge in [-0.25, -0.2) is 13.8 Å². The molecule has 1 aromatic heterocycles. The number of pyridine rings is 1. The van der Waals surface area contributed by atoms with Gasteiger partial charge in [-0.2, -0.15) is 0 Å². The molecule has 0 spiro atoms. The van der Waals surface area contributed by atoms with Gasteiger partial charge in [0.15, 0.2) is 11.6 Å². The minimum atomic E-state index is -0.875. The smallest absolute Gasteiger partial charge is 0.159 e. The summed E-state index contributed by atoms with van der Waals surface area (Å²) < 4.78 is 25.6. The molecule has 1 aromatic carbocycles. The van der Waals surface area contributed by atoms with Gasteiger partial charge in [0, 0.05) is 11.1 Å². The van der Waals surface area contributed by atoms with Crippen molar-refractivity contribution in [1.29, 1.82) is 0 Å². The molecule has 0 aliphatic carbocycles. The first-order valence-corrected chi connectivity index (χ1v) is 5.32. The van der Waals surface area contributed by atoms with Gasteiger partial charge in [-0.05, 0) is 30.3 Å². The second-order valence-corrected chi connectivity index (χ2v) is 4.14. The largest absolute Gasteiger partial charge is 0.397 e. The van der Waals surface area contributed by atoms with E-state index in [1.54, 1.807) is 18.3 Å². The second kappa shape index (κ2) is 4.49. The fourth-order valence-electron chi connectivity index (χ4n) is 1.14. The summed E-state index contributed by atoms with van der Waals surface area (Å²) in [6.07, 6.45) is 1.60. The van der Waals surface area contributed by atoms with Crippen LogP contribution in [0.5, 0.6) is 0 Å². The summed E-state index contributed by atoms with van der Waals surface area (Å²) in [5, 5.41) is 0.577. The first-order valence-electron chi connectivity index (χ1n) is 4.50. The maximum atomic E-state index is 12.9. The Labute approximate surface area is 95.5 Å². The van der Waals surface area contributed by atoms with E-state index in [0.29, 0.717) is 15.6 Å². The monoisotopic (exact) mass is 238 g/mol. The van der Waals surface area contributed by atoms with Crippen LogP contribution in [0.4, 0.5) is 14.5 Å². The average molecular weight is 238 g/mol. The number of anilines is 1. The lowest BCUT2D eigenvalue weighted by Gasteiger charge is -2.03. The molecule has 2 aromatic rings. The molecule has 0 fully saturated rings. The summed E-state index contributed by atoms with van der Waals surface area (Å²) >= 11 is 1.19. The van der Waals surface area contributed by atoms with Crippen LogP contribution >= 0.6 is 11.8 Å². The van der Waals surface area contributed by atoms with Crippen molar-refractivity contribution >= 4 is 17.4 Å². The van der Waals surface area contributed by atoms with E-state index in [4.69, 9.17) is 5.73 Å². The Morgan fingerprint density at radius 1 is 1.12 bits per heavy atom. The number of rotatable bonds is 2. The molecule has 82 valence electrons. The van der Waals surface area contributed by atoms with E-state index >= 15 is 0 Å². The molecule has 0 saturated carbocycles. The van der Waals surface area contributed by atoms with Crippen LogP contribution in [0.3, 0.4) is 0 Å². The van der Waals surface area contributed by atoms with E-state index in [1.165, 1.54) is 17.8 Å². The number of benzene rings is 1. The van der Waals surface area contributed by atoms with Gasteiger partial charge in [-0.1, -0.05) is 11.8 Å². The maximum absolute atomic E-state index is 12.9. The molecule has 16 heavy (non-hydrogen) atoms. The van der Waals surface area contributed by atoms with Gasteiger partial charge in [0.1, 0.15) is 5.03 Å². The van der Waals surface area contributed by atoms with Crippen LogP contribution in [0.1, 0.15) is 0 Å². The van der Waals surface area contributed by atoms with Gasteiger partial charge in [-0.3, -0.25) is 0 Å². The van der Waals surface area contributed by atoms with Gasteiger partial charge >= 0.3 is 0 Å². The normalized spacial score (nSPS) is 10.4. The van der Waals surface area contributed by atoms with E-state index in [0.717, 1.165) is 12.1 Å². The number of nitrogens with two attached hydrogens (primary N) is 1. The van der Waals surface area contributed by atoms with Gasteiger partial charge < -0.3 is 5.73 Å². The van der Waals surface area contributed by atoms with Crippen molar-refractivity contribution in [2.24, 2.45) is 0 Å². The summed E-state index contributed by atoms with van der Waals surface area (Å²) in [6, 6.07) is 7.10. The Hall–Kier alpha value is -1.62. The highest BCUT2D eigenvalue weighted by atomic mass is 32.2. The Balaban J connectivity index is 2.28. The molecule has 0 saturated heterocycles. The Morgan fingerprint density at radius 2 is 1.94 bits per heavy atom. The van der Waals surface area contributed by atoms with E-state index in [-0.39, 0.29) is 0 Å². The molecule has 0 radical (unpaired) electrons.